The molecule has 1 unspecified atom stereocenters. The number of rotatable bonds is 3. The van der Waals surface area contributed by atoms with Crippen molar-refractivity contribution in [3.63, 3.8) is 0 Å². The molecule has 2 heterocycles. The quantitative estimate of drug-likeness (QED) is 0.940. The summed E-state index contributed by atoms with van der Waals surface area (Å²) in [7, 11) is -2.90. The molecule has 0 amide bonds. The van der Waals surface area contributed by atoms with Crippen molar-refractivity contribution in [2.75, 3.05) is 16.8 Å². The first-order chi connectivity index (χ1) is 9.62. The molecule has 0 saturated carbocycles. The van der Waals surface area contributed by atoms with Gasteiger partial charge in [-0.25, -0.2) is 13.4 Å². The molecule has 1 N–H and O–H groups in total. The zero-order valence-electron chi connectivity index (χ0n) is 11.0. The van der Waals surface area contributed by atoms with Crippen molar-refractivity contribution in [3.05, 3.63) is 36.9 Å². The maximum atomic E-state index is 11.6. The second-order valence-corrected chi connectivity index (χ2v) is 7.27. The predicted octanol–water partition coefficient (Wildman–Crippen LogP) is 2.33. The predicted molar refractivity (Wildman–Crippen MR) is 77.2 cm³/mol. The second kappa shape index (κ2) is 5.28. The van der Waals surface area contributed by atoms with Gasteiger partial charge in [0.2, 0.25) is 0 Å². The van der Waals surface area contributed by atoms with E-state index in [9.17, 15) is 8.42 Å². The maximum absolute atomic E-state index is 11.6. The number of benzene rings is 1. The van der Waals surface area contributed by atoms with E-state index in [0.717, 1.165) is 24.1 Å². The third-order valence-electron chi connectivity index (χ3n) is 3.41. The minimum Gasteiger partial charge on any atom is -0.444 e. The lowest BCUT2D eigenvalue weighted by molar-refractivity contribution is 0.562. The minimum absolute atomic E-state index is 0.0151. The highest BCUT2D eigenvalue weighted by molar-refractivity contribution is 7.91. The Morgan fingerprint density at radius 3 is 3.00 bits per heavy atom. The van der Waals surface area contributed by atoms with Crippen LogP contribution in [0.4, 0.5) is 5.69 Å². The van der Waals surface area contributed by atoms with Crippen molar-refractivity contribution >= 4 is 15.5 Å². The Balaban J connectivity index is 1.76. The van der Waals surface area contributed by atoms with E-state index in [1.54, 1.807) is 6.20 Å². The van der Waals surface area contributed by atoms with Gasteiger partial charge in [0.05, 0.1) is 17.7 Å². The van der Waals surface area contributed by atoms with Gasteiger partial charge in [-0.1, -0.05) is 12.1 Å². The molecule has 1 atom stereocenters. The van der Waals surface area contributed by atoms with Crippen LogP contribution >= 0.6 is 0 Å². The highest BCUT2D eigenvalue weighted by Gasteiger charge is 2.24. The van der Waals surface area contributed by atoms with Gasteiger partial charge >= 0.3 is 0 Å². The zero-order chi connectivity index (χ0) is 14.0. The van der Waals surface area contributed by atoms with E-state index in [1.165, 1.54) is 6.39 Å². The van der Waals surface area contributed by atoms with Crippen LogP contribution in [0.3, 0.4) is 0 Å². The fourth-order valence-electron chi connectivity index (χ4n) is 2.49. The van der Waals surface area contributed by atoms with Crippen LogP contribution < -0.4 is 5.32 Å². The number of sulfone groups is 1. The molecule has 0 aliphatic carbocycles. The second-order valence-electron chi connectivity index (χ2n) is 5.04. The van der Waals surface area contributed by atoms with E-state index < -0.39 is 9.84 Å². The van der Waals surface area contributed by atoms with Crippen LogP contribution in [-0.4, -0.2) is 30.9 Å². The third kappa shape index (κ3) is 3.01. The van der Waals surface area contributed by atoms with Crippen LogP contribution in [-0.2, 0) is 9.84 Å². The lowest BCUT2D eigenvalue weighted by Gasteiger charge is -2.24. The first-order valence-corrected chi connectivity index (χ1v) is 8.40. The summed E-state index contributed by atoms with van der Waals surface area (Å²) in [6.45, 7) is 0. The molecule has 0 spiro atoms. The molecule has 0 bridgehead atoms. The van der Waals surface area contributed by atoms with Gasteiger partial charge in [-0.2, -0.15) is 0 Å². The summed E-state index contributed by atoms with van der Waals surface area (Å²) in [4.78, 5) is 3.90. The van der Waals surface area contributed by atoms with Crippen LogP contribution in [0, 0.1) is 0 Å². The fraction of sp³-hybridized carbons (Fsp3) is 0.357. The number of anilines is 1. The van der Waals surface area contributed by atoms with Gasteiger partial charge in [0.15, 0.2) is 22.0 Å². The van der Waals surface area contributed by atoms with Crippen molar-refractivity contribution < 1.29 is 12.8 Å². The first kappa shape index (κ1) is 13.2. The molecule has 1 aliphatic rings. The van der Waals surface area contributed by atoms with E-state index in [2.05, 4.69) is 10.3 Å². The van der Waals surface area contributed by atoms with Crippen LogP contribution in [0.2, 0.25) is 0 Å². The zero-order valence-corrected chi connectivity index (χ0v) is 11.8. The molecule has 1 aromatic heterocycles. The number of aromatic nitrogens is 1. The number of hydrogen-bond acceptors (Lipinski definition) is 5. The summed E-state index contributed by atoms with van der Waals surface area (Å²) in [5.41, 5.74) is 1.83. The van der Waals surface area contributed by atoms with E-state index in [0.29, 0.717) is 11.5 Å². The van der Waals surface area contributed by atoms with Gasteiger partial charge in [-0.15, -0.1) is 0 Å². The molecule has 1 saturated heterocycles. The Hall–Kier alpha value is -1.82. The van der Waals surface area contributed by atoms with Gasteiger partial charge in [0, 0.05) is 17.3 Å². The van der Waals surface area contributed by atoms with Gasteiger partial charge in [0.1, 0.15) is 0 Å². The standard InChI is InChI=1S/C14H16N2O3S/c17-20(18)6-2-5-13(9-20)16-12-4-1-3-11(7-12)14-8-15-10-19-14/h1,3-4,7-8,10,13,16H,2,5-6,9H2. The van der Waals surface area contributed by atoms with Gasteiger partial charge in [-0.3, -0.25) is 0 Å². The van der Waals surface area contributed by atoms with Crippen molar-refractivity contribution in [3.8, 4) is 11.3 Å². The molecule has 6 heteroatoms. The number of oxazole rings is 1. The van der Waals surface area contributed by atoms with Crippen molar-refractivity contribution in [1.82, 2.24) is 4.98 Å². The Labute approximate surface area is 117 Å². The third-order valence-corrected chi connectivity index (χ3v) is 5.23. The van der Waals surface area contributed by atoms with Crippen molar-refractivity contribution in [2.24, 2.45) is 0 Å². The molecule has 20 heavy (non-hydrogen) atoms. The van der Waals surface area contributed by atoms with E-state index >= 15 is 0 Å². The Kier molecular flexibility index (Phi) is 3.48. The number of nitrogens with zero attached hydrogens (tertiary/aromatic N) is 1. The molecule has 1 fully saturated rings. The summed E-state index contributed by atoms with van der Waals surface area (Å²) < 4.78 is 28.5. The van der Waals surface area contributed by atoms with E-state index in [1.807, 2.05) is 24.3 Å². The molecule has 3 rings (SSSR count). The van der Waals surface area contributed by atoms with Crippen LogP contribution in [0.25, 0.3) is 11.3 Å². The molecular weight excluding hydrogens is 276 g/mol. The Morgan fingerprint density at radius 1 is 1.35 bits per heavy atom. The average Bonchev–Trinajstić information content (AvgIpc) is 2.91. The van der Waals surface area contributed by atoms with Gasteiger partial charge in [-0.05, 0) is 25.0 Å². The molecule has 1 aliphatic heterocycles. The normalized spacial score (nSPS) is 21.5. The number of hydrogen-bond donors (Lipinski definition) is 1. The summed E-state index contributed by atoms with van der Waals surface area (Å²) in [6.07, 6.45) is 4.65. The lowest BCUT2D eigenvalue weighted by Crippen LogP contribution is -2.34. The van der Waals surface area contributed by atoms with Gasteiger partial charge in [0.25, 0.3) is 0 Å². The summed E-state index contributed by atoms with van der Waals surface area (Å²) >= 11 is 0. The van der Waals surface area contributed by atoms with E-state index in [-0.39, 0.29) is 11.8 Å². The van der Waals surface area contributed by atoms with Crippen molar-refractivity contribution in [2.45, 2.75) is 18.9 Å². The fourth-order valence-corrected chi connectivity index (χ4v) is 4.13. The monoisotopic (exact) mass is 292 g/mol. The summed E-state index contributed by atoms with van der Waals surface area (Å²) in [5.74, 6) is 1.22. The minimum atomic E-state index is -2.90. The van der Waals surface area contributed by atoms with E-state index in [4.69, 9.17) is 4.42 Å². The maximum Gasteiger partial charge on any atom is 0.181 e. The highest BCUT2D eigenvalue weighted by atomic mass is 32.2. The molecule has 5 nitrogen and oxygen atoms in total. The van der Waals surface area contributed by atoms with Crippen LogP contribution in [0.5, 0.6) is 0 Å². The Bertz CT molecular complexity index is 680. The largest absolute Gasteiger partial charge is 0.444 e. The lowest BCUT2D eigenvalue weighted by atomic mass is 10.1. The number of nitrogens with one attached hydrogen (secondary N) is 1. The molecule has 106 valence electrons. The Morgan fingerprint density at radius 2 is 2.25 bits per heavy atom. The topological polar surface area (TPSA) is 72.2 Å². The average molecular weight is 292 g/mol. The summed E-state index contributed by atoms with van der Waals surface area (Å²) in [5, 5.41) is 3.30. The molecular formula is C14H16N2O3S. The van der Waals surface area contributed by atoms with Gasteiger partial charge < -0.3 is 9.73 Å². The molecule has 0 radical (unpaired) electrons. The van der Waals surface area contributed by atoms with Crippen LogP contribution in [0.1, 0.15) is 12.8 Å². The first-order valence-electron chi connectivity index (χ1n) is 6.58. The highest BCUT2D eigenvalue weighted by Crippen LogP contribution is 2.24. The summed E-state index contributed by atoms with van der Waals surface area (Å²) in [6, 6.07) is 7.71. The van der Waals surface area contributed by atoms with Crippen LogP contribution in [0.15, 0.2) is 41.3 Å². The molecule has 2 aromatic rings. The SMILES string of the molecule is O=S1(=O)CCCC(Nc2cccc(-c3cnco3)c2)C1. The van der Waals surface area contributed by atoms with Crippen molar-refractivity contribution in [1.29, 1.82) is 0 Å². The smallest absolute Gasteiger partial charge is 0.181 e. The molecule has 1 aromatic carbocycles.